The summed E-state index contributed by atoms with van der Waals surface area (Å²) >= 11 is 0. The van der Waals surface area contributed by atoms with E-state index in [9.17, 15) is 0 Å². The Kier molecular flexibility index (Phi) is 2.47. The highest BCUT2D eigenvalue weighted by molar-refractivity contribution is 5.31. The lowest BCUT2D eigenvalue weighted by Crippen LogP contribution is -2.27. The van der Waals surface area contributed by atoms with E-state index in [0.717, 1.165) is 12.8 Å². The first-order valence-corrected chi connectivity index (χ1v) is 4.89. The van der Waals surface area contributed by atoms with E-state index in [4.69, 9.17) is 5.26 Å². The molecule has 1 aliphatic carbocycles. The molecule has 2 rings (SSSR count). The fourth-order valence-corrected chi connectivity index (χ4v) is 1.94. The van der Waals surface area contributed by atoms with Gasteiger partial charge in [-0.15, -0.1) is 0 Å². The van der Waals surface area contributed by atoms with Crippen LogP contribution in [0.25, 0.3) is 0 Å². The second-order valence-electron chi connectivity index (χ2n) is 3.68. The maximum atomic E-state index is 8.71. The average Bonchev–Trinajstić information content (AvgIpc) is 2.62. The summed E-state index contributed by atoms with van der Waals surface area (Å²) in [5.41, 5.74) is 2.62. The van der Waals surface area contributed by atoms with Crippen LogP contribution < -0.4 is 5.32 Å². The number of nitrogens with zero attached hydrogens (tertiary/aromatic N) is 2. The Morgan fingerprint density at radius 2 is 2.57 bits per heavy atom. The van der Waals surface area contributed by atoms with Gasteiger partial charge in [-0.1, -0.05) is 0 Å². The molecule has 72 valence electrons. The first-order chi connectivity index (χ1) is 6.81. The Morgan fingerprint density at radius 3 is 3.36 bits per heavy atom. The Balaban J connectivity index is 2.15. The molecule has 1 heterocycles. The van der Waals surface area contributed by atoms with Gasteiger partial charge in [0.25, 0.3) is 0 Å². The van der Waals surface area contributed by atoms with E-state index in [1.54, 1.807) is 0 Å². The Bertz CT molecular complexity index is 367. The molecule has 3 nitrogen and oxygen atoms in total. The second kappa shape index (κ2) is 3.77. The summed E-state index contributed by atoms with van der Waals surface area (Å²) in [6, 6.07) is 4.48. The Hall–Kier alpha value is -1.40. The number of nitriles is 1. The topological polar surface area (TPSA) is 48.7 Å². The van der Waals surface area contributed by atoms with Gasteiger partial charge in [-0.2, -0.15) is 5.26 Å². The van der Waals surface area contributed by atoms with Gasteiger partial charge in [0.2, 0.25) is 0 Å². The number of fused-ring (bicyclic) bond motifs is 1. The third-order valence-electron chi connectivity index (χ3n) is 2.67. The van der Waals surface area contributed by atoms with Gasteiger partial charge in [0, 0.05) is 18.4 Å². The zero-order valence-corrected chi connectivity index (χ0v) is 8.20. The number of hydrogen-bond acceptors (Lipinski definition) is 3. The SMILES string of the molecule is CC(C#N)NC1CCc2ccncc21. The highest BCUT2D eigenvalue weighted by Gasteiger charge is 2.23. The standard InChI is InChI=1S/C11H13N3/c1-8(6-12)14-11-3-2-9-4-5-13-7-10(9)11/h4-5,7-8,11,14H,2-3H2,1H3. The number of pyridine rings is 1. The zero-order valence-electron chi connectivity index (χ0n) is 8.20. The lowest BCUT2D eigenvalue weighted by atomic mass is 10.1. The molecule has 0 spiro atoms. The van der Waals surface area contributed by atoms with Gasteiger partial charge in [-0.05, 0) is 37.0 Å². The van der Waals surface area contributed by atoms with Crippen LogP contribution in [0.5, 0.6) is 0 Å². The van der Waals surface area contributed by atoms with Crippen LogP contribution in [-0.2, 0) is 6.42 Å². The lowest BCUT2D eigenvalue weighted by molar-refractivity contribution is 0.504. The summed E-state index contributed by atoms with van der Waals surface area (Å²) in [6.45, 7) is 1.88. The number of aryl methyl sites for hydroxylation is 1. The Labute approximate surface area is 83.8 Å². The summed E-state index contributed by atoms with van der Waals surface area (Å²) in [5, 5.41) is 12.0. The van der Waals surface area contributed by atoms with E-state index in [0.29, 0.717) is 6.04 Å². The Morgan fingerprint density at radius 1 is 1.71 bits per heavy atom. The van der Waals surface area contributed by atoms with Crippen molar-refractivity contribution in [1.82, 2.24) is 10.3 Å². The van der Waals surface area contributed by atoms with Crippen LogP contribution >= 0.6 is 0 Å². The molecule has 0 saturated heterocycles. The van der Waals surface area contributed by atoms with Crippen molar-refractivity contribution in [1.29, 1.82) is 5.26 Å². The van der Waals surface area contributed by atoms with Crippen LogP contribution in [0.2, 0.25) is 0 Å². The molecule has 0 aliphatic heterocycles. The average molecular weight is 187 g/mol. The van der Waals surface area contributed by atoms with E-state index >= 15 is 0 Å². The molecule has 3 heteroatoms. The molecular weight excluding hydrogens is 174 g/mol. The predicted molar refractivity (Wildman–Crippen MR) is 53.5 cm³/mol. The number of hydrogen-bond donors (Lipinski definition) is 1. The molecule has 1 aliphatic rings. The van der Waals surface area contributed by atoms with Crippen LogP contribution in [0.15, 0.2) is 18.5 Å². The van der Waals surface area contributed by atoms with Gasteiger partial charge in [0.05, 0.1) is 12.1 Å². The lowest BCUT2D eigenvalue weighted by Gasteiger charge is -2.14. The molecule has 0 fully saturated rings. The van der Waals surface area contributed by atoms with Crippen molar-refractivity contribution in [2.75, 3.05) is 0 Å². The van der Waals surface area contributed by atoms with Crippen molar-refractivity contribution in [3.8, 4) is 6.07 Å². The van der Waals surface area contributed by atoms with Crippen molar-refractivity contribution in [3.05, 3.63) is 29.6 Å². The summed E-state index contributed by atoms with van der Waals surface area (Å²) in [6.07, 6.45) is 5.90. The minimum atomic E-state index is -0.0915. The van der Waals surface area contributed by atoms with Crippen molar-refractivity contribution in [2.24, 2.45) is 0 Å². The molecule has 2 unspecified atom stereocenters. The normalized spacial score (nSPS) is 21.3. The molecule has 1 N–H and O–H groups in total. The van der Waals surface area contributed by atoms with Crippen LogP contribution in [0.3, 0.4) is 0 Å². The maximum absolute atomic E-state index is 8.71. The second-order valence-corrected chi connectivity index (χ2v) is 3.68. The molecule has 0 saturated carbocycles. The van der Waals surface area contributed by atoms with Crippen LogP contribution in [0.1, 0.15) is 30.5 Å². The molecule has 14 heavy (non-hydrogen) atoms. The van der Waals surface area contributed by atoms with Gasteiger partial charge in [0.1, 0.15) is 0 Å². The molecule has 0 aromatic carbocycles. The first kappa shape index (κ1) is 9.17. The largest absolute Gasteiger partial charge is 0.295 e. The quantitative estimate of drug-likeness (QED) is 0.764. The highest BCUT2D eigenvalue weighted by atomic mass is 14.9. The molecule has 0 radical (unpaired) electrons. The van der Waals surface area contributed by atoms with E-state index in [-0.39, 0.29) is 6.04 Å². The van der Waals surface area contributed by atoms with Crippen molar-refractivity contribution < 1.29 is 0 Å². The summed E-state index contributed by atoms with van der Waals surface area (Å²) in [5.74, 6) is 0. The van der Waals surface area contributed by atoms with E-state index < -0.39 is 0 Å². The number of aromatic nitrogens is 1. The van der Waals surface area contributed by atoms with Crippen LogP contribution in [0.4, 0.5) is 0 Å². The first-order valence-electron chi connectivity index (χ1n) is 4.89. The third kappa shape index (κ3) is 1.61. The van der Waals surface area contributed by atoms with Gasteiger partial charge in [-0.3, -0.25) is 10.3 Å². The monoisotopic (exact) mass is 187 g/mol. The highest BCUT2D eigenvalue weighted by Crippen LogP contribution is 2.30. The fraction of sp³-hybridized carbons (Fsp3) is 0.455. The maximum Gasteiger partial charge on any atom is 0.0929 e. The van der Waals surface area contributed by atoms with Crippen molar-refractivity contribution >= 4 is 0 Å². The van der Waals surface area contributed by atoms with Crippen molar-refractivity contribution in [2.45, 2.75) is 31.8 Å². The predicted octanol–water partition coefficient (Wildman–Crippen LogP) is 1.57. The zero-order chi connectivity index (χ0) is 9.97. The molecule has 1 aromatic heterocycles. The number of nitrogens with one attached hydrogen (secondary N) is 1. The summed E-state index contributed by atoms with van der Waals surface area (Å²) < 4.78 is 0. The van der Waals surface area contributed by atoms with Gasteiger partial charge in [-0.25, -0.2) is 0 Å². The van der Waals surface area contributed by atoms with E-state index in [2.05, 4.69) is 22.4 Å². The van der Waals surface area contributed by atoms with Crippen molar-refractivity contribution in [3.63, 3.8) is 0 Å². The van der Waals surface area contributed by atoms with Gasteiger partial charge in [0.15, 0.2) is 0 Å². The molecule has 1 aromatic rings. The summed E-state index contributed by atoms with van der Waals surface area (Å²) in [7, 11) is 0. The number of rotatable bonds is 2. The van der Waals surface area contributed by atoms with Crippen LogP contribution in [0, 0.1) is 11.3 Å². The fourth-order valence-electron chi connectivity index (χ4n) is 1.94. The van der Waals surface area contributed by atoms with Gasteiger partial charge >= 0.3 is 0 Å². The van der Waals surface area contributed by atoms with Crippen LogP contribution in [-0.4, -0.2) is 11.0 Å². The third-order valence-corrected chi connectivity index (χ3v) is 2.67. The van der Waals surface area contributed by atoms with E-state index in [1.807, 2.05) is 19.3 Å². The minimum Gasteiger partial charge on any atom is -0.295 e. The molecular formula is C11H13N3. The van der Waals surface area contributed by atoms with E-state index in [1.165, 1.54) is 11.1 Å². The molecule has 0 amide bonds. The smallest absolute Gasteiger partial charge is 0.0929 e. The minimum absolute atomic E-state index is 0.0915. The molecule has 0 bridgehead atoms. The summed E-state index contributed by atoms with van der Waals surface area (Å²) in [4.78, 5) is 4.12. The van der Waals surface area contributed by atoms with Gasteiger partial charge < -0.3 is 0 Å². The molecule has 2 atom stereocenters.